The summed E-state index contributed by atoms with van der Waals surface area (Å²) in [6.07, 6.45) is 0. The molecule has 3 heteroatoms. The molecule has 2 nitrogen and oxygen atoms in total. The van der Waals surface area contributed by atoms with Crippen molar-refractivity contribution in [1.29, 1.82) is 0 Å². The largest absolute Gasteiger partial charge is 0.455 e. The van der Waals surface area contributed by atoms with E-state index < -0.39 is 0 Å². The number of benzene rings is 4. The van der Waals surface area contributed by atoms with Gasteiger partial charge in [-0.05, 0) is 36.4 Å². The van der Waals surface area contributed by atoms with Gasteiger partial charge in [-0.3, -0.25) is 0 Å². The van der Waals surface area contributed by atoms with Crippen molar-refractivity contribution in [2.24, 2.45) is 0 Å². The van der Waals surface area contributed by atoms with Crippen molar-refractivity contribution in [2.45, 2.75) is 0 Å². The lowest BCUT2D eigenvalue weighted by atomic mass is 10.1. The van der Waals surface area contributed by atoms with Crippen LogP contribution in [0.5, 0.6) is 0 Å². The molecule has 3 heterocycles. The third-order valence-corrected chi connectivity index (χ3v) is 6.61. The maximum Gasteiger partial charge on any atom is 0.144 e. The highest BCUT2D eigenvalue weighted by molar-refractivity contribution is 7.26. The lowest BCUT2D eigenvalue weighted by molar-refractivity contribution is 0.670. The first-order chi connectivity index (χ1) is 13.4. The molecule has 0 atom stereocenters. The summed E-state index contributed by atoms with van der Waals surface area (Å²) in [7, 11) is 0. The predicted molar refractivity (Wildman–Crippen MR) is 114 cm³/mol. The molecule has 0 spiro atoms. The van der Waals surface area contributed by atoms with Crippen LogP contribution in [0.1, 0.15) is 0 Å². The van der Waals surface area contributed by atoms with Gasteiger partial charge < -0.3 is 8.83 Å². The van der Waals surface area contributed by atoms with Crippen LogP contribution < -0.4 is 0 Å². The summed E-state index contributed by atoms with van der Waals surface area (Å²) in [5.41, 5.74) is 3.76. The Balaban J connectivity index is 1.81. The Morgan fingerprint density at radius 1 is 0.481 bits per heavy atom. The highest BCUT2D eigenvalue weighted by Gasteiger charge is 2.19. The van der Waals surface area contributed by atoms with Crippen LogP contribution >= 0.6 is 11.3 Å². The molecule has 0 amide bonds. The Hall–Kier alpha value is -3.30. The lowest BCUT2D eigenvalue weighted by Crippen LogP contribution is -1.71. The van der Waals surface area contributed by atoms with Crippen LogP contribution in [-0.4, -0.2) is 0 Å². The van der Waals surface area contributed by atoms with Gasteiger partial charge in [-0.25, -0.2) is 0 Å². The fraction of sp³-hybridized carbons (Fsp3) is 0. The summed E-state index contributed by atoms with van der Waals surface area (Å²) in [6, 6.07) is 25.2. The monoisotopic (exact) mass is 364 g/mol. The molecule has 0 aliphatic rings. The minimum atomic E-state index is 0.927. The summed E-state index contributed by atoms with van der Waals surface area (Å²) >= 11 is 1.79. The lowest BCUT2D eigenvalue weighted by Gasteiger charge is -1.95. The number of hydrogen-bond acceptors (Lipinski definition) is 3. The van der Waals surface area contributed by atoms with Crippen molar-refractivity contribution in [3.8, 4) is 0 Å². The average Bonchev–Trinajstić information content (AvgIpc) is 3.37. The molecule has 126 valence electrons. The van der Waals surface area contributed by atoms with Gasteiger partial charge in [-0.1, -0.05) is 36.4 Å². The van der Waals surface area contributed by atoms with Crippen LogP contribution in [0.25, 0.3) is 64.0 Å². The highest BCUT2D eigenvalue weighted by atomic mass is 32.1. The van der Waals surface area contributed by atoms with Gasteiger partial charge in [0.2, 0.25) is 0 Å². The Bertz CT molecular complexity index is 1550. The molecule has 0 N–H and O–H groups in total. The molecule has 3 aromatic heterocycles. The van der Waals surface area contributed by atoms with E-state index in [4.69, 9.17) is 8.83 Å². The van der Waals surface area contributed by atoms with Crippen molar-refractivity contribution in [3.63, 3.8) is 0 Å². The van der Waals surface area contributed by atoms with E-state index in [2.05, 4.69) is 48.5 Å². The topological polar surface area (TPSA) is 26.3 Å². The summed E-state index contributed by atoms with van der Waals surface area (Å²) in [4.78, 5) is 0. The van der Waals surface area contributed by atoms with Gasteiger partial charge >= 0.3 is 0 Å². The Kier molecular flexibility index (Phi) is 2.41. The molecule has 0 unspecified atom stereocenters. The molecule has 7 rings (SSSR count). The number of fused-ring (bicyclic) bond motifs is 11. The fourth-order valence-corrected chi connectivity index (χ4v) is 5.41. The summed E-state index contributed by atoms with van der Waals surface area (Å²) in [6.45, 7) is 0. The van der Waals surface area contributed by atoms with Gasteiger partial charge in [0, 0.05) is 41.7 Å². The zero-order valence-corrected chi connectivity index (χ0v) is 15.0. The molecule has 0 saturated heterocycles. The minimum absolute atomic E-state index is 0.927. The molecule has 0 radical (unpaired) electrons. The quantitative estimate of drug-likeness (QED) is 0.274. The third kappa shape index (κ3) is 1.65. The standard InChI is InChI=1S/C24H12O2S/c1-3-7-17-13(5-1)15-9-11-19-21(23(15)25-17)22-20(27-19)12-10-16-14-6-2-4-8-18(14)26-24(16)22/h1-12H. The molecule has 0 saturated carbocycles. The van der Waals surface area contributed by atoms with Crippen molar-refractivity contribution < 1.29 is 8.83 Å². The maximum absolute atomic E-state index is 6.32. The van der Waals surface area contributed by atoms with Gasteiger partial charge in [0.1, 0.15) is 22.3 Å². The van der Waals surface area contributed by atoms with E-state index in [9.17, 15) is 0 Å². The van der Waals surface area contributed by atoms with Gasteiger partial charge in [0.25, 0.3) is 0 Å². The summed E-state index contributed by atoms with van der Waals surface area (Å²) in [5.74, 6) is 0. The Morgan fingerprint density at radius 3 is 1.48 bits per heavy atom. The van der Waals surface area contributed by atoms with E-state index in [1.807, 2.05) is 24.3 Å². The molecular weight excluding hydrogens is 352 g/mol. The smallest absolute Gasteiger partial charge is 0.144 e. The van der Waals surface area contributed by atoms with Crippen molar-refractivity contribution in [2.75, 3.05) is 0 Å². The van der Waals surface area contributed by atoms with E-state index in [-0.39, 0.29) is 0 Å². The van der Waals surface area contributed by atoms with Crippen molar-refractivity contribution >= 4 is 75.4 Å². The zero-order chi connectivity index (χ0) is 17.5. The van der Waals surface area contributed by atoms with Crippen LogP contribution in [0, 0.1) is 0 Å². The molecule has 0 aliphatic heterocycles. The van der Waals surface area contributed by atoms with E-state index in [0.29, 0.717) is 0 Å². The van der Waals surface area contributed by atoms with E-state index in [0.717, 1.165) is 54.6 Å². The third-order valence-electron chi connectivity index (χ3n) is 5.49. The second kappa shape index (κ2) is 4.70. The molecule has 0 bridgehead atoms. The highest BCUT2D eigenvalue weighted by Crippen LogP contribution is 2.45. The van der Waals surface area contributed by atoms with Crippen LogP contribution in [0.3, 0.4) is 0 Å². The van der Waals surface area contributed by atoms with E-state index in [1.54, 1.807) is 11.3 Å². The first-order valence-electron chi connectivity index (χ1n) is 8.95. The Morgan fingerprint density at radius 2 is 0.963 bits per heavy atom. The summed E-state index contributed by atoms with van der Waals surface area (Å²) in [5, 5.41) is 6.95. The molecule has 0 aliphatic carbocycles. The maximum atomic E-state index is 6.32. The average molecular weight is 364 g/mol. The molecule has 4 aromatic carbocycles. The normalized spacial score (nSPS) is 12.4. The van der Waals surface area contributed by atoms with Crippen molar-refractivity contribution in [3.05, 3.63) is 72.8 Å². The molecule has 27 heavy (non-hydrogen) atoms. The number of rotatable bonds is 0. The predicted octanol–water partition coefficient (Wildman–Crippen LogP) is 7.85. The van der Waals surface area contributed by atoms with Gasteiger partial charge in [-0.15, -0.1) is 11.3 Å². The van der Waals surface area contributed by atoms with Gasteiger partial charge in [0.15, 0.2) is 0 Å². The number of para-hydroxylation sites is 2. The number of hydrogen-bond donors (Lipinski definition) is 0. The Labute approximate surface area is 157 Å². The second-order valence-corrected chi connectivity index (χ2v) is 8.01. The van der Waals surface area contributed by atoms with Crippen molar-refractivity contribution in [1.82, 2.24) is 0 Å². The zero-order valence-electron chi connectivity index (χ0n) is 14.2. The first-order valence-corrected chi connectivity index (χ1v) is 9.77. The van der Waals surface area contributed by atoms with Gasteiger partial charge in [0.05, 0.1) is 0 Å². The fourth-order valence-electron chi connectivity index (χ4n) is 4.30. The van der Waals surface area contributed by atoms with Crippen LogP contribution in [0.4, 0.5) is 0 Å². The summed E-state index contributed by atoms with van der Waals surface area (Å²) < 4.78 is 15.1. The van der Waals surface area contributed by atoms with Crippen LogP contribution in [-0.2, 0) is 0 Å². The molecule has 7 aromatic rings. The second-order valence-electron chi connectivity index (χ2n) is 6.93. The van der Waals surface area contributed by atoms with Gasteiger partial charge in [-0.2, -0.15) is 0 Å². The number of furan rings is 2. The minimum Gasteiger partial charge on any atom is -0.455 e. The van der Waals surface area contributed by atoms with Crippen LogP contribution in [0.15, 0.2) is 81.6 Å². The number of thiophene rings is 1. The van der Waals surface area contributed by atoms with Crippen LogP contribution in [0.2, 0.25) is 0 Å². The SMILES string of the molecule is c1ccc2c(c1)oc1c2ccc2sc3ccc4c5ccccc5oc4c3c21. The van der Waals surface area contributed by atoms with E-state index >= 15 is 0 Å². The molecular formula is C24H12O2S. The molecule has 0 fully saturated rings. The first kappa shape index (κ1) is 13.8. The van der Waals surface area contributed by atoms with E-state index in [1.165, 1.54) is 9.40 Å².